The lowest BCUT2D eigenvalue weighted by molar-refractivity contribution is -0.118. The van der Waals surface area contributed by atoms with Gasteiger partial charge in [0.15, 0.2) is 11.0 Å². The Morgan fingerprint density at radius 3 is 2.69 bits per heavy atom. The standard InChI is InChI=1S/C19H19FN4OS/c1-13-10-14(8-9-16(13)20)11-21-17(25)12-26-19-23-22-18(24(19)2)15-6-4-3-5-7-15/h3-10H,11-12H2,1-2H3,(H,21,25). The Labute approximate surface area is 155 Å². The second kappa shape index (κ2) is 8.14. The van der Waals surface area contributed by atoms with E-state index in [-0.39, 0.29) is 17.5 Å². The SMILES string of the molecule is Cc1cc(CNC(=O)CSc2nnc(-c3ccccc3)n2C)ccc1F. The number of amides is 1. The molecule has 0 radical (unpaired) electrons. The van der Waals surface area contributed by atoms with Crippen molar-refractivity contribution in [2.45, 2.75) is 18.6 Å². The van der Waals surface area contributed by atoms with Gasteiger partial charge in [0, 0.05) is 19.2 Å². The highest BCUT2D eigenvalue weighted by atomic mass is 32.2. The van der Waals surface area contributed by atoms with Gasteiger partial charge in [0.2, 0.25) is 5.91 Å². The zero-order valence-electron chi connectivity index (χ0n) is 14.6. The molecule has 5 nitrogen and oxygen atoms in total. The molecule has 1 aromatic heterocycles. The fraction of sp³-hybridized carbons (Fsp3) is 0.211. The van der Waals surface area contributed by atoms with Gasteiger partial charge >= 0.3 is 0 Å². The first-order valence-corrected chi connectivity index (χ1v) is 9.12. The summed E-state index contributed by atoms with van der Waals surface area (Å²) in [5.74, 6) is 0.643. The number of hydrogen-bond donors (Lipinski definition) is 1. The predicted molar refractivity (Wildman–Crippen MR) is 100 cm³/mol. The number of hydrogen-bond acceptors (Lipinski definition) is 4. The summed E-state index contributed by atoms with van der Waals surface area (Å²) in [6, 6.07) is 14.6. The number of rotatable bonds is 6. The van der Waals surface area contributed by atoms with Crippen molar-refractivity contribution in [2.75, 3.05) is 5.75 Å². The summed E-state index contributed by atoms with van der Waals surface area (Å²) in [6.07, 6.45) is 0. The number of aryl methyl sites for hydroxylation is 1. The molecule has 0 aliphatic carbocycles. The van der Waals surface area contributed by atoms with E-state index in [9.17, 15) is 9.18 Å². The van der Waals surface area contributed by atoms with Crippen LogP contribution in [-0.4, -0.2) is 26.4 Å². The third-order valence-electron chi connectivity index (χ3n) is 3.91. The topological polar surface area (TPSA) is 59.8 Å². The van der Waals surface area contributed by atoms with Crippen molar-refractivity contribution in [1.29, 1.82) is 0 Å². The van der Waals surface area contributed by atoms with Gasteiger partial charge in [-0.25, -0.2) is 4.39 Å². The number of carbonyl (C=O) groups excluding carboxylic acids is 1. The maximum absolute atomic E-state index is 13.3. The normalized spacial score (nSPS) is 10.7. The van der Waals surface area contributed by atoms with E-state index in [2.05, 4.69) is 15.5 Å². The zero-order chi connectivity index (χ0) is 18.5. The van der Waals surface area contributed by atoms with Gasteiger partial charge in [-0.3, -0.25) is 4.79 Å². The van der Waals surface area contributed by atoms with Gasteiger partial charge in [0.25, 0.3) is 0 Å². The summed E-state index contributed by atoms with van der Waals surface area (Å²) >= 11 is 1.33. The number of benzene rings is 2. The van der Waals surface area contributed by atoms with Crippen molar-refractivity contribution >= 4 is 17.7 Å². The molecule has 0 aliphatic heterocycles. The Morgan fingerprint density at radius 1 is 1.19 bits per heavy atom. The molecule has 1 amide bonds. The minimum absolute atomic E-state index is 0.110. The first kappa shape index (κ1) is 18.1. The summed E-state index contributed by atoms with van der Waals surface area (Å²) in [6.45, 7) is 2.07. The van der Waals surface area contributed by atoms with Crippen molar-refractivity contribution in [3.8, 4) is 11.4 Å². The van der Waals surface area contributed by atoms with Crippen molar-refractivity contribution in [3.63, 3.8) is 0 Å². The molecule has 26 heavy (non-hydrogen) atoms. The van der Waals surface area contributed by atoms with Crippen LogP contribution in [0, 0.1) is 12.7 Å². The third kappa shape index (κ3) is 4.29. The molecule has 0 saturated heterocycles. The minimum atomic E-state index is -0.243. The van der Waals surface area contributed by atoms with Crippen LogP contribution in [0.5, 0.6) is 0 Å². The molecule has 134 valence electrons. The maximum Gasteiger partial charge on any atom is 0.230 e. The van der Waals surface area contributed by atoms with E-state index in [1.165, 1.54) is 17.8 Å². The summed E-state index contributed by atoms with van der Waals surface area (Å²) in [7, 11) is 1.88. The lowest BCUT2D eigenvalue weighted by Gasteiger charge is -2.07. The van der Waals surface area contributed by atoms with E-state index < -0.39 is 0 Å². The summed E-state index contributed by atoms with van der Waals surface area (Å²) in [5.41, 5.74) is 2.41. The third-order valence-corrected chi connectivity index (χ3v) is 4.93. The number of aromatic nitrogens is 3. The fourth-order valence-corrected chi connectivity index (χ4v) is 3.22. The Bertz CT molecular complexity index is 911. The first-order chi connectivity index (χ1) is 12.5. The lowest BCUT2D eigenvalue weighted by Crippen LogP contribution is -2.24. The summed E-state index contributed by atoms with van der Waals surface area (Å²) < 4.78 is 15.1. The highest BCUT2D eigenvalue weighted by Crippen LogP contribution is 2.22. The smallest absolute Gasteiger partial charge is 0.230 e. The van der Waals surface area contributed by atoms with Gasteiger partial charge in [0.05, 0.1) is 5.75 Å². The van der Waals surface area contributed by atoms with Crippen LogP contribution in [0.15, 0.2) is 53.7 Å². The molecular weight excluding hydrogens is 351 g/mol. The second-order valence-electron chi connectivity index (χ2n) is 5.88. The van der Waals surface area contributed by atoms with Crippen LogP contribution >= 0.6 is 11.8 Å². The predicted octanol–water partition coefficient (Wildman–Crippen LogP) is 3.34. The number of nitrogens with zero attached hydrogens (tertiary/aromatic N) is 3. The van der Waals surface area contributed by atoms with Crippen LogP contribution in [-0.2, 0) is 18.4 Å². The second-order valence-corrected chi connectivity index (χ2v) is 6.82. The molecule has 3 rings (SSSR count). The molecule has 1 heterocycles. The number of halogens is 1. The zero-order valence-corrected chi connectivity index (χ0v) is 15.4. The van der Waals surface area contributed by atoms with Gasteiger partial charge in [-0.1, -0.05) is 54.2 Å². The molecular formula is C19H19FN4OS. The first-order valence-electron chi connectivity index (χ1n) is 8.14. The average Bonchev–Trinajstić information content (AvgIpc) is 3.02. The van der Waals surface area contributed by atoms with Crippen LogP contribution in [0.1, 0.15) is 11.1 Å². The molecule has 0 bridgehead atoms. The van der Waals surface area contributed by atoms with Gasteiger partial charge < -0.3 is 9.88 Å². The van der Waals surface area contributed by atoms with Crippen LogP contribution in [0.3, 0.4) is 0 Å². The molecule has 0 spiro atoms. The van der Waals surface area contributed by atoms with Crippen LogP contribution in [0.25, 0.3) is 11.4 Å². The molecule has 7 heteroatoms. The van der Waals surface area contributed by atoms with Gasteiger partial charge in [-0.15, -0.1) is 10.2 Å². The van der Waals surface area contributed by atoms with Gasteiger partial charge in [-0.2, -0.15) is 0 Å². The highest BCUT2D eigenvalue weighted by Gasteiger charge is 2.12. The molecule has 0 atom stereocenters. The summed E-state index contributed by atoms with van der Waals surface area (Å²) in [5, 5.41) is 11.9. The van der Waals surface area contributed by atoms with Crippen molar-refractivity contribution in [1.82, 2.24) is 20.1 Å². The fourth-order valence-electron chi connectivity index (χ4n) is 2.48. The van der Waals surface area contributed by atoms with E-state index in [4.69, 9.17) is 0 Å². The van der Waals surface area contributed by atoms with E-state index in [1.54, 1.807) is 19.1 Å². The molecule has 0 fully saturated rings. The highest BCUT2D eigenvalue weighted by molar-refractivity contribution is 7.99. The Kier molecular flexibility index (Phi) is 5.68. The van der Waals surface area contributed by atoms with E-state index in [0.717, 1.165) is 17.0 Å². The van der Waals surface area contributed by atoms with Crippen molar-refractivity contribution < 1.29 is 9.18 Å². The van der Waals surface area contributed by atoms with Crippen LogP contribution in [0.2, 0.25) is 0 Å². The summed E-state index contributed by atoms with van der Waals surface area (Å²) in [4.78, 5) is 12.1. The van der Waals surface area contributed by atoms with Crippen molar-refractivity contribution in [3.05, 3.63) is 65.5 Å². The van der Waals surface area contributed by atoms with Gasteiger partial charge in [-0.05, 0) is 24.1 Å². The molecule has 0 saturated carbocycles. The van der Waals surface area contributed by atoms with E-state index >= 15 is 0 Å². The lowest BCUT2D eigenvalue weighted by atomic mass is 10.1. The van der Waals surface area contributed by atoms with E-state index in [0.29, 0.717) is 17.3 Å². The molecule has 1 N–H and O–H groups in total. The maximum atomic E-state index is 13.3. The number of thioether (sulfide) groups is 1. The number of carbonyl (C=O) groups is 1. The minimum Gasteiger partial charge on any atom is -0.351 e. The van der Waals surface area contributed by atoms with Crippen molar-refractivity contribution in [2.24, 2.45) is 7.05 Å². The molecule has 0 aliphatic rings. The Hall–Kier alpha value is -2.67. The quantitative estimate of drug-likeness (QED) is 0.676. The van der Waals surface area contributed by atoms with Gasteiger partial charge in [0.1, 0.15) is 5.82 Å². The Morgan fingerprint density at radius 2 is 1.96 bits per heavy atom. The number of nitrogens with one attached hydrogen (secondary N) is 1. The molecule has 3 aromatic rings. The molecule has 0 unspecified atom stereocenters. The van der Waals surface area contributed by atoms with Crippen LogP contribution < -0.4 is 5.32 Å². The monoisotopic (exact) mass is 370 g/mol. The van der Waals surface area contributed by atoms with E-state index in [1.807, 2.05) is 41.9 Å². The van der Waals surface area contributed by atoms with Crippen LogP contribution in [0.4, 0.5) is 4.39 Å². The average molecular weight is 370 g/mol. The Balaban J connectivity index is 1.55. The largest absolute Gasteiger partial charge is 0.351 e. The molecule has 2 aromatic carbocycles.